The van der Waals surface area contributed by atoms with Gasteiger partial charge in [-0.05, 0) is 29.7 Å². The van der Waals surface area contributed by atoms with Crippen LogP contribution in [0.4, 0.5) is 5.95 Å². The van der Waals surface area contributed by atoms with E-state index in [1.165, 1.54) is 11.9 Å². The van der Waals surface area contributed by atoms with E-state index in [1.54, 1.807) is 0 Å². The summed E-state index contributed by atoms with van der Waals surface area (Å²) in [6.45, 7) is 4.35. The fraction of sp³-hybridized carbons (Fsp3) is 0.250. The Morgan fingerprint density at radius 3 is 2.71 bits per heavy atom. The summed E-state index contributed by atoms with van der Waals surface area (Å²) in [7, 11) is 0. The third-order valence-electron chi connectivity index (χ3n) is 2.91. The zero-order chi connectivity index (χ0) is 12.0. The molecule has 3 rings (SSSR count). The summed E-state index contributed by atoms with van der Waals surface area (Å²) in [4.78, 5) is 12.1. The first-order valence-electron chi connectivity index (χ1n) is 5.55. The molecule has 3 aromatic heterocycles. The maximum Gasteiger partial charge on any atom is 0.239 e. The second-order valence-electron chi connectivity index (χ2n) is 4.38. The molecule has 0 amide bonds. The normalized spacial score (nSPS) is 11.7. The van der Waals surface area contributed by atoms with Crippen LogP contribution in [0.5, 0.6) is 0 Å². The van der Waals surface area contributed by atoms with Crippen molar-refractivity contribution in [2.45, 2.75) is 19.8 Å². The van der Waals surface area contributed by atoms with Crippen LogP contribution in [-0.4, -0.2) is 19.5 Å². The summed E-state index contributed by atoms with van der Waals surface area (Å²) in [6.07, 6.45) is 1.44. The molecule has 0 atom stereocenters. The highest BCUT2D eigenvalue weighted by Gasteiger charge is 2.16. The summed E-state index contributed by atoms with van der Waals surface area (Å²) < 4.78 is 2.01. The number of fused-ring (bicyclic) bond motifs is 2. The summed E-state index contributed by atoms with van der Waals surface area (Å²) in [5.41, 5.74) is 9.13. The third-order valence-corrected chi connectivity index (χ3v) is 2.91. The summed E-state index contributed by atoms with van der Waals surface area (Å²) >= 11 is 0. The van der Waals surface area contributed by atoms with Crippen molar-refractivity contribution in [1.82, 2.24) is 19.5 Å². The van der Waals surface area contributed by atoms with Gasteiger partial charge in [0, 0.05) is 5.52 Å². The van der Waals surface area contributed by atoms with Gasteiger partial charge < -0.3 is 5.73 Å². The van der Waals surface area contributed by atoms with Gasteiger partial charge in [0.1, 0.15) is 6.33 Å². The first-order valence-corrected chi connectivity index (χ1v) is 5.55. The van der Waals surface area contributed by atoms with Crippen molar-refractivity contribution >= 4 is 17.0 Å². The highest BCUT2D eigenvalue weighted by molar-refractivity contribution is 5.76. The number of nitrogens with two attached hydrogens (primary N) is 1. The Morgan fingerprint density at radius 2 is 2.06 bits per heavy atom. The number of benzene rings is 1. The summed E-state index contributed by atoms with van der Waals surface area (Å²) in [5, 5.41) is 0. The maximum atomic E-state index is 5.59. The van der Waals surface area contributed by atoms with Crippen molar-refractivity contribution in [1.29, 1.82) is 0 Å². The lowest BCUT2D eigenvalue weighted by Crippen LogP contribution is -2.03. The van der Waals surface area contributed by atoms with E-state index >= 15 is 0 Å². The number of hydrogen-bond acceptors (Lipinski definition) is 4. The lowest BCUT2D eigenvalue weighted by molar-refractivity contribution is 0.873. The largest absolute Gasteiger partial charge is 0.368 e. The molecule has 0 radical (unpaired) electrons. The van der Waals surface area contributed by atoms with Gasteiger partial charge >= 0.3 is 0 Å². The number of aromatic nitrogens is 4. The smallest absolute Gasteiger partial charge is 0.239 e. The van der Waals surface area contributed by atoms with Crippen LogP contribution in [0, 0.1) is 0 Å². The fourth-order valence-electron chi connectivity index (χ4n) is 2.12. The van der Waals surface area contributed by atoms with Crippen LogP contribution in [0.2, 0.25) is 0 Å². The van der Waals surface area contributed by atoms with Crippen LogP contribution in [0.15, 0.2) is 24.5 Å². The minimum Gasteiger partial charge on any atom is -0.368 e. The van der Waals surface area contributed by atoms with Crippen LogP contribution in [0.25, 0.3) is 17.0 Å². The van der Waals surface area contributed by atoms with E-state index in [4.69, 9.17) is 5.73 Å². The molecule has 17 heavy (non-hydrogen) atoms. The lowest BCUT2D eigenvalue weighted by atomic mass is 10.0. The van der Waals surface area contributed by atoms with E-state index in [1.807, 2.05) is 4.57 Å². The molecule has 3 aromatic rings. The van der Waals surface area contributed by atoms with E-state index < -0.39 is 0 Å². The quantitative estimate of drug-likeness (QED) is 0.726. The standard InChI is InChI=1S/C12H13N5/c1-7(2)9-5-8-3-4-10(9)17(8)12-15-6-14-11(13)16-12/h3-7H,1-2H3,(H2,13,14,15,16). The van der Waals surface area contributed by atoms with Crippen LogP contribution >= 0.6 is 0 Å². The van der Waals surface area contributed by atoms with Crippen molar-refractivity contribution in [3.05, 3.63) is 30.1 Å². The van der Waals surface area contributed by atoms with Gasteiger partial charge in [-0.1, -0.05) is 13.8 Å². The molecule has 0 aliphatic carbocycles. The second-order valence-corrected chi connectivity index (χ2v) is 4.38. The first kappa shape index (κ1) is 10.0. The maximum absolute atomic E-state index is 5.59. The summed E-state index contributed by atoms with van der Waals surface area (Å²) in [5.74, 6) is 1.31. The molecule has 5 heteroatoms. The molecule has 2 bridgehead atoms. The highest BCUT2D eigenvalue weighted by Crippen LogP contribution is 2.30. The molecule has 0 aliphatic rings. The van der Waals surface area contributed by atoms with Crippen LogP contribution in [-0.2, 0) is 0 Å². The number of hydrogen-bond donors (Lipinski definition) is 1. The van der Waals surface area contributed by atoms with E-state index in [0.717, 1.165) is 11.0 Å². The Morgan fingerprint density at radius 1 is 1.24 bits per heavy atom. The Balaban J connectivity index is 2.23. The fourth-order valence-corrected chi connectivity index (χ4v) is 2.12. The van der Waals surface area contributed by atoms with E-state index in [9.17, 15) is 0 Å². The average molecular weight is 227 g/mol. The molecule has 86 valence electrons. The van der Waals surface area contributed by atoms with Crippen molar-refractivity contribution < 1.29 is 0 Å². The van der Waals surface area contributed by atoms with Gasteiger partial charge in [0.2, 0.25) is 11.9 Å². The van der Waals surface area contributed by atoms with E-state index in [2.05, 4.69) is 47.0 Å². The summed E-state index contributed by atoms with van der Waals surface area (Å²) in [6, 6.07) is 6.31. The Hall–Kier alpha value is -2.17. The lowest BCUT2D eigenvalue weighted by Gasteiger charge is -2.04. The van der Waals surface area contributed by atoms with Gasteiger partial charge in [-0.15, -0.1) is 0 Å². The molecule has 0 saturated carbocycles. The number of nitrogens with zero attached hydrogens (tertiary/aromatic N) is 4. The molecule has 2 N–H and O–H groups in total. The molecule has 0 saturated heterocycles. The van der Waals surface area contributed by atoms with Gasteiger partial charge in [0.15, 0.2) is 0 Å². The first-order chi connectivity index (χ1) is 8.16. The number of anilines is 1. The second kappa shape index (κ2) is 3.41. The van der Waals surface area contributed by atoms with Crippen molar-refractivity contribution in [2.75, 3.05) is 5.73 Å². The third kappa shape index (κ3) is 1.43. The SMILES string of the molecule is CC(C)c1cc2ccc1n2-c1ncnc(N)n1. The van der Waals surface area contributed by atoms with Crippen LogP contribution < -0.4 is 5.73 Å². The number of nitrogen functional groups attached to an aromatic ring is 1. The number of rotatable bonds is 2. The molecule has 0 spiro atoms. The monoisotopic (exact) mass is 227 g/mol. The minimum atomic E-state index is 0.244. The predicted octanol–water partition coefficient (Wildman–Crippen LogP) is 1.96. The minimum absolute atomic E-state index is 0.244. The van der Waals surface area contributed by atoms with Gasteiger partial charge in [0.05, 0.1) is 5.52 Å². The van der Waals surface area contributed by atoms with Crippen molar-refractivity contribution in [3.63, 3.8) is 0 Å². The Labute approximate surface area is 98.7 Å². The Kier molecular flexibility index (Phi) is 2.01. The molecule has 0 unspecified atom stereocenters. The zero-order valence-electron chi connectivity index (χ0n) is 9.75. The molecule has 5 nitrogen and oxygen atoms in total. The molecule has 0 fully saturated rings. The van der Waals surface area contributed by atoms with Crippen LogP contribution in [0.3, 0.4) is 0 Å². The predicted molar refractivity (Wildman–Crippen MR) is 66.3 cm³/mol. The highest BCUT2D eigenvalue weighted by atomic mass is 15.2. The van der Waals surface area contributed by atoms with Crippen molar-refractivity contribution in [2.24, 2.45) is 0 Å². The topological polar surface area (TPSA) is 69.6 Å². The van der Waals surface area contributed by atoms with Crippen molar-refractivity contribution in [3.8, 4) is 5.95 Å². The Bertz CT molecular complexity index is 655. The van der Waals surface area contributed by atoms with E-state index in [-0.39, 0.29) is 5.95 Å². The molecular weight excluding hydrogens is 214 g/mol. The van der Waals surface area contributed by atoms with Crippen LogP contribution in [0.1, 0.15) is 25.3 Å². The van der Waals surface area contributed by atoms with Gasteiger partial charge in [-0.2, -0.15) is 4.98 Å². The zero-order valence-corrected chi connectivity index (χ0v) is 9.75. The van der Waals surface area contributed by atoms with E-state index in [0.29, 0.717) is 11.9 Å². The average Bonchev–Trinajstić information content (AvgIpc) is 2.85. The molecular formula is C12H13N5. The molecule has 0 aromatic carbocycles. The van der Waals surface area contributed by atoms with Gasteiger partial charge in [-0.3, -0.25) is 4.57 Å². The molecule has 3 heterocycles. The molecule has 0 aliphatic heterocycles. The van der Waals surface area contributed by atoms with Gasteiger partial charge in [-0.25, -0.2) is 9.97 Å². The van der Waals surface area contributed by atoms with Gasteiger partial charge in [0.25, 0.3) is 0 Å².